The van der Waals surface area contributed by atoms with Crippen LogP contribution in [0.15, 0.2) is 30.3 Å². The lowest BCUT2D eigenvalue weighted by Crippen LogP contribution is -2.50. The van der Waals surface area contributed by atoms with Gasteiger partial charge in [0.2, 0.25) is 0 Å². The molecule has 0 saturated carbocycles. The second kappa shape index (κ2) is 7.26. The number of piperidine rings is 1. The first-order valence-electron chi connectivity index (χ1n) is 7.14. The number of nitrogens with zero attached hydrogens (tertiary/aromatic N) is 1. The maximum absolute atomic E-state index is 11.1. The molecular weight excluding hydrogens is 254 g/mol. The van der Waals surface area contributed by atoms with Crippen molar-refractivity contribution < 1.29 is 9.90 Å². The zero-order chi connectivity index (χ0) is 14.4. The smallest absolute Gasteiger partial charge is 0.314 e. The molecule has 1 heterocycles. The molecule has 2 amide bonds. The van der Waals surface area contributed by atoms with Gasteiger partial charge in [-0.3, -0.25) is 0 Å². The van der Waals surface area contributed by atoms with Crippen molar-refractivity contribution in [1.82, 2.24) is 10.2 Å². The van der Waals surface area contributed by atoms with E-state index in [1.54, 1.807) is 4.90 Å². The number of carbonyl (C=O) groups is 1. The van der Waals surface area contributed by atoms with Crippen LogP contribution in [-0.2, 0) is 6.42 Å². The Hall–Kier alpha value is -1.59. The third-order valence-electron chi connectivity index (χ3n) is 3.82. The molecule has 1 fully saturated rings. The molecule has 0 aromatic heterocycles. The zero-order valence-electron chi connectivity index (χ0n) is 11.7. The lowest BCUT2D eigenvalue weighted by Gasteiger charge is -2.33. The van der Waals surface area contributed by atoms with Crippen molar-refractivity contribution in [2.45, 2.75) is 31.3 Å². The molecule has 1 aliphatic rings. The standard InChI is InChI=1S/C15H23N3O2/c16-15(20)18-8-6-13(7-9-18)17-14(11-19)10-12-4-2-1-3-5-12/h1-5,13-14,17,19H,6-11H2,(H2,16,20)/t14-/m1/s1. The zero-order valence-corrected chi connectivity index (χ0v) is 11.7. The van der Waals surface area contributed by atoms with Crippen LogP contribution in [0.2, 0.25) is 0 Å². The molecule has 0 radical (unpaired) electrons. The third kappa shape index (κ3) is 4.21. The summed E-state index contributed by atoms with van der Waals surface area (Å²) < 4.78 is 0. The number of hydrogen-bond donors (Lipinski definition) is 3. The minimum atomic E-state index is -0.341. The van der Waals surface area contributed by atoms with Crippen molar-refractivity contribution in [2.24, 2.45) is 5.73 Å². The largest absolute Gasteiger partial charge is 0.395 e. The van der Waals surface area contributed by atoms with E-state index in [0.29, 0.717) is 19.1 Å². The van der Waals surface area contributed by atoms with Crippen molar-refractivity contribution in [3.63, 3.8) is 0 Å². The first-order chi connectivity index (χ1) is 9.69. The van der Waals surface area contributed by atoms with Gasteiger partial charge in [0.15, 0.2) is 0 Å². The number of aliphatic hydroxyl groups excluding tert-OH is 1. The highest BCUT2D eigenvalue weighted by atomic mass is 16.3. The Bertz CT molecular complexity index is 416. The van der Waals surface area contributed by atoms with Gasteiger partial charge in [0.25, 0.3) is 0 Å². The summed E-state index contributed by atoms with van der Waals surface area (Å²) in [6.07, 6.45) is 2.58. The number of aliphatic hydroxyl groups is 1. The van der Waals surface area contributed by atoms with Crippen molar-refractivity contribution in [1.29, 1.82) is 0 Å². The van der Waals surface area contributed by atoms with Gasteiger partial charge in [-0.1, -0.05) is 30.3 Å². The summed E-state index contributed by atoms with van der Waals surface area (Å²) in [6, 6.07) is 10.2. The van der Waals surface area contributed by atoms with E-state index >= 15 is 0 Å². The average Bonchev–Trinajstić information content (AvgIpc) is 2.48. The Kier molecular flexibility index (Phi) is 5.38. The highest BCUT2D eigenvalue weighted by Gasteiger charge is 2.23. The predicted octanol–water partition coefficient (Wildman–Crippen LogP) is 0.723. The maximum atomic E-state index is 11.1. The Labute approximate surface area is 119 Å². The third-order valence-corrected chi connectivity index (χ3v) is 3.82. The molecule has 0 aliphatic carbocycles. The fraction of sp³-hybridized carbons (Fsp3) is 0.533. The summed E-state index contributed by atoms with van der Waals surface area (Å²) in [5, 5.41) is 13.0. The van der Waals surface area contributed by atoms with E-state index in [0.717, 1.165) is 19.3 Å². The van der Waals surface area contributed by atoms with Gasteiger partial charge in [-0.05, 0) is 24.8 Å². The number of urea groups is 1. The number of rotatable bonds is 5. The van der Waals surface area contributed by atoms with E-state index in [1.807, 2.05) is 18.2 Å². The van der Waals surface area contributed by atoms with E-state index in [9.17, 15) is 9.90 Å². The Balaban J connectivity index is 1.81. The first-order valence-corrected chi connectivity index (χ1v) is 7.14. The van der Waals surface area contributed by atoms with Crippen LogP contribution in [-0.4, -0.2) is 47.8 Å². The van der Waals surface area contributed by atoms with Crippen LogP contribution in [0, 0.1) is 0 Å². The molecule has 1 aromatic carbocycles. The highest BCUT2D eigenvalue weighted by Crippen LogP contribution is 2.12. The topological polar surface area (TPSA) is 78.6 Å². The molecule has 1 aromatic rings. The van der Waals surface area contributed by atoms with E-state index in [2.05, 4.69) is 17.4 Å². The van der Waals surface area contributed by atoms with E-state index < -0.39 is 0 Å². The monoisotopic (exact) mass is 277 g/mol. The molecule has 2 rings (SSSR count). The van der Waals surface area contributed by atoms with Gasteiger partial charge < -0.3 is 21.1 Å². The minimum Gasteiger partial charge on any atom is -0.395 e. The highest BCUT2D eigenvalue weighted by molar-refractivity contribution is 5.72. The summed E-state index contributed by atoms with van der Waals surface area (Å²) in [5.74, 6) is 0. The summed E-state index contributed by atoms with van der Waals surface area (Å²) in [5.41, 5.74) is 6.49. The van der Waals surface area contributed by atoms with Crippen molar-refractivity contribution in [3.8, 4) is 0 Å². The Morgan fingerprint density at radius 2 is 2.00 bits per heavy atom. The van der Waals surface area contributed by atoms with Crippen LogP contribution in [0.5, 0.6) is 0 Å². The van der Waals surface area contributed by atoms with Crippen molar-refractivity contribution in [3.05, 3.63) is 35.9 Å². The van der Waals surface area contributed by atoms with Crippen LogP contribution < -0.4 is 11.1 Å². The van der Waals surface area contributed by atoms with E-state index in [-0.39, 0.29) is 18.7 Å². The van der Waals surface area contributed by atoms with Crippen molar-refractivity contribution >= 4 is 6.03 Å². The number of nitrogens with two attached hydrogens (primary N) is 1. The fourth-order valence-electron chi connectivity index (χ4n) is 2.67. The van der Waals surface area contributed by atoms with Crippen LogP contribution in [0.3, 0.4) is 0 Å². The van der Waals surface area contributed by atoms with Crippen LogP contribution in [0.1, 0.15) is 18.4 Å². The number of primary amides is 1. The van der Waals surface area contributed by atoms with Gasteiger partial charge in [0.05, 0.1) is 6.61 Å². The molecule has 1 saturated heterocycles. The maximum Gasteiger partial charge on any atom is 0.314 e. The van der Waals surface area contributed by atoms with Crippen LogP contribution in [0.25, 0.3) is 0 Å². The van der Waals surface area contributed by atoms with Gasteiger partial charge in [0.1, 0.15) is 0 Å². The van der Waals surface area contributed by atoms with Gasteiger partial charge in [-0.2, -0.15) is 0 Å². The molecule has 5 heteroatoms. The number of nitrogens with one attached hydrogen (secondary N) is 1. The Morgan fingerprint density at radius 1 is 1.35 bits per heavy atom. The van der Waals surface area contributed by atoms with Gasteiger partial charge >= 0.3 is 6.03 Å². The van der Waals surface area contributed by atoms with Gasteiger partial charge in [-0.25, -0.2) is 4.79 Å². The fourth-order valence-corrected chi connectivity index (χ4v) is 2.67. The normalized spacial score (nSPS) is 17.9. The predicted molar refractivity (Wildman–Crippen MR) is 78.3 cm³/mol. The molecule has 0 unspecified atom stereocenters. The van der Waals surface area contributed by atoms with Gasteiger partial charge in [-0.15, -0.1) is 0 Å². The second-order valence-electron chi connectivity index (χ2n) is 5.34. The molecule has 5 nitrogen and oxygen atoms in total. The first kappa shape index (κ1) is 14.8. The van der Waals surface area contributed by atoms with E-state index in [4.69, 9.17) is 5.73 Å². The molecule has 20 heavy (non-hydrogen) atoms. The summed E-state index contributed by atoms with van der Waals surface area (Å²) in [6.45, 7) is 1.50. The number of amides is 2. The molecule has 110 valence electrons. The van der Waals surface area contributed by atoms with Gasteiger partial charge in [0, 0.05) is 25.2 Å². The molecular formula is C15H23N3O2. The molecule has 4 N–H and O–H groups in total. The SMILES string of the molecule is NC(=O)N1CCC(N[C@@H](CO)Cc2ccccc2)CC1. The van der Waals surface area contributed by atoms with Crippen molar-refractivity contribution in [2.75, 3.05) is 19.7 Å². The quantitative estimate of drug-likeness (QED) is 0.742. The number of carbonyl (C=O) groups excluding carboxylic acids is 1. The molecule has 1 aliphatic heterocycles. The second-order valence-corrected chi connectivity index (χ2v) is 5.34. The number of likely N-dealkylation sites (tertiary alicyclic amines) is 1. The summed E-state index contributed by atoms with van der Waals surface area (Å²) in [4.78, 5) is 12.7. The molecule has 1 atom stereocenters. The number of benzene rings is 1. The summed E-state index contributed by atoms with van der Waals surface area (Å²) in [7, 11) is 0. The lowest BCUT2D eigenvalue weighted by atomic mass is 10.0. The van der Waals surface area contributed by atoms with E-state index in [1.165, 1.54) is 5.56 Å². The lowest BCUT2D eigenvalue weighted by molar-refractivity contribution is 0.172. The molecule has 0 spiro atoms. The minimum absolute atomic E-state index is 0.0579. The average molecular weight is 277 g/mol. The Morgan fingerprint density at radius 3 is 2.55 bits per heavy atom. The van der Waals surface area contributed by atoms with Crippen LogP contribution in [0.4, 0.5) is 4.79 Å². The van der Waals surface area contributed by atoms with Crippen LogP contribution >= 0.6 is 0 Å². The number of hydrogen-bond acceptors (Lipinski definition) is 3. The summed E-state index contributed by atoms with van der Waals surface area (Å²) >= 11 is 0. The molecule has 0 bridgehead atoms.